The van der Waals surface area contributed by atoms with E-state index in [9.17, 15) is 14.0 Å². The minimum Gasteiger partial charge on any atom is -0.486 e. The Balaban J connectivity index is 1.36. The Bertz CT molecular complexity index is 1480. The first-order valence-corrected chi connectivity index (χ1v) is 13.0. The van der Waals surface area contributed by atoms with Gasteiger partial charge in [0, 0.05) is 25.2 Å². The number of nitrogens with zero attached hydrogens (tertiary/aromatic N) is 2. The quantitative estimate of drug-likeness (QED) is 0.279. The number of carbonyl (C=O) groups is 2. The second-order valence-electron chi connectivity index (χ2n) is 10.0. The van der Waals surface area contributed by atoms with Gasteiger partial charge in [0.15, 0.2) is 5.76 Å². The first-order chi connectivity index (χ1) is 18.8. The highest BCUT2D eigenvalue weighted by atomic mass is 19.1. The summed E-state index contributed by atoms with van der Waals surface area (Å²) in [4.78, 5) is 29.3. The number of amides is 2. The Labute approximate surface area is 227 Å². The first kappa shape index (κ1) is 26.2. The van der Waals surface area contributed by atoms with Crippen molar-refractivity contribution >= 4 is 17.5 Å². The summed E-state index contributed by atoms with van der Waals surface area (Å²) in [6, 6.07) is 24.5. The molecule has 0 N–H and O–H groups in total. The summed E-state index contributed by atoms with van der Waals surface area (Å²) in [5.74, 6) is 0.572. The third kappa shape index (κ3) is 5.58. The van der Waals surface area contributed by atoms with E-state index in [1.807, 2.05) is 73.3 Å². The van der Waals surface area contributed by atoms with Gasteiger partial charge in [0.2, 0.25) is 5.91 Å². The zero-order chi connectivity index (χ0) is 27.5. The van der Waals surface area contributed by atoms with Gasteiger partial charge in [-0.1, -0.05) is 50.2 Å². The number of fused-ring (bicyclic) bond motifs is 1. The number of halogens is 1. The highest BCUT2D eigenvalue weighted by Gasteiger charge is 2.33. The summed E-state index contributed by atoms with van der Waals surface area (Å²) in [7, 11) is 1.70. The molecule has 2 heterocycles. The fraction of sp³-hybridized carbons (Fsp3) is 0.250. The molecule has 0 saturated heterocycles. The largest absolute Gasteiger partial charge is 0.486 e. The number of hydrogen-bond acceptors (Lipinski definition) is 4. The summed E-state index contributed by atoms with van der Waals surface area (Å²) in [5.41, 5.74) is 3.50. The van der Waals surface area contributed by atoms with E-state index in [1.54, 1.807) is 25.2 Å². The maximum Gasteiger partial charge on any atom is 0.293 e. The maximum atomic E-state index is 14.2. The van der Waals surface area contributed by atoms with Crippen molar-refractivity contribution in [3.8, 4) is 5.75 Å². The topological polar surface area (TPSA) is 63.0 Å². The molecule has 0 radical (unpaired) electrons. The molecular weight excluding hydrogens is 495 g/mol. The monoisotopic (exact) mass is 526 g/mol. The van der Waals surface area contributed by atoms with E-state index >= 15 is 0 Å². The number of para-hydroxylation sites is 1. The van der Waals surface area contributed by atoms with E-state index in [-0.39, 0.29) is 35.9 Å². The van der Waals surface area contributed by atoms with Gasteiger partial charge in [0.05, 0.1) is 6.04 Å². The van der Waals surface area contributed by atoms with Crippen LogP contribution in [-0.2, 0) is 17.8 Å². The van der Waals surface area contributed by atoms with E-state index in [2.05, 4.69) is 0 Å². The molecule has 2 amide bonds. The lowest BCUT2D eigenvalue weighted by atomic mass is 9.87. The Kier molecular flexibility index (Phi) is 7.50. The smallest absolute Gasteiger partial charge is 0.293 e. The molecule has 1 aliphatic rings. The van der Waals surface area contributed by atoms with Crippen LogP contribution in [0.1, 0.15) is 52.9 Å². The van der Waals surface area contributed by atoms with Gasteiger partial charge in [0.25, 0.3) is 5.91 Å². The fourth-order valence-electron chi connectivity index (χ4n) is 4.95. The van der Waals surface area contributed by atoms with Gasteiger partial charge in [0.1, 0.15) is 23.9 Å². The molecule has 1 aliphatic heterocycles. The van der Waals surface area contributed by atoms with Gasteiger partial charge in [-0.2, -0.15) is 0 Å². The van der Waals surface area contributed by atoms with Crippen molar-refractivity contribution in [1.82, 2.24) is 4.90 Å². The minimum atomic E-state index is -0.413. The molecule has 0 spiro atoms. The number of furan rings is 1. The standard InChI is InChI=1S/C32H31FN2O4/c1-21(2)31(36)35-17-16-22-12-13-26(19-28(22)30(35)23-8-7-9-24(33)18-23)38-20-27-14-15-29(39-27)32(37)34(3)25-10-5-4-6-11-25/h4-15,18-19,21,30H,16-17,20H2,1-3H3/t30-/m1/s1. The van der Waals surface area contributed by atoms with Crippen molar-refractivity contribution < 1.29 is 23.1 Å². The molecule has 5 rings (SSSR count). The summed E-state index contributed by atoms with van der Waals surface area (Å²) in [6.07, 6.45) is 0.707. The van der Waals surface area contributed by atoms with Gasteiger partial charge in [-0.25, -0.2) is 4.39 Å². The third-order valence-corrected chi connectivity index (χ3v) is 6.99. The lowest BCUT2D eigenvalue weighted by Crippen LogP contribution is -2.42. The second-order valence-corrected chi connectivity index (χ2v) is 10.0. The van der Waals surface area contributed by atoms with Crippen LogP contribution in [0.5, 0.6) is 5.75 Å². The van der Waals surface area contributed by atoms with Crippen molar-refractivity contribution in [2.75, 3.05) is 18.5 Å². The van der Waals surface area contributed by atoms with Crippen molar-refractivity contribution in [3.63, 3.8) is 0 Å². The predicted octanol–water partition coefficient (Wildman–Crippen LogP) is 6.40. The van der Waals surface area contributed by atoms with E-state index < -0.39 is 6.04 Å². The molecule has 0 saturated carbocycles. The van der Waals surface area contributed by atoms with Gasteiger partial charge in [-0.05, 0) is 71.6 Å². The number of rotatable bonds is 7. The summed E-state index contributed by atoms with van der Waals surface area (Å²) < 4.78 is 26.1. The van der Waals surface area contributed by atoms with Gasteiger partial charge in [-0.3, -0.25) is 9.59 Å². The van der Waals surface area contributed by atoms with Crippen LogP contribution >= 0.6 is 0 Å². The summed E-state index contributed by atoms with van der Waals surface area (Å²) in [6.45, 7) is 4.44. The number of hydrogen-bond donors (Lipinski definition) is 0. The normalized spacial score (nSPS) is 14.7. The van der Waals surface area contributed by atoms with Gasteiger partial charge < -0.3 is 19.0 Å². The van der Waals surface area contributed by atoms with Gasteiger partial charge in [-0.15, -0.1) is 0 Å². The predicted molar refractivity (Wildman–Crippen MR) is 147 cm³/mol. The van der Waals surface area contributed by atoms with Crippen LogP contribution in [0.15, 0.2) is 89.3 Å². The molecule has 4 aromatic rings. The second kappa shape index (κ2) is 11.2. The molecule has 200 valence electrons. The van der Waals surface area contributed by atoms with E-state index in [1.165, 1.54) is 17.0 Å². The number of benzene rings is 3. The van der Waals surface area contributed by atoms with Crippen LogP contribution < -0.4 is 9.64 Å². The Morgan fingerprint density at radius 2 is 1.82 bits per heavy atom. The van der Waals surface area contributed by atoms with Crippen LogP contribution in [-0.4, -0.2) is 30.3 Å². The molecule has 0 fully saturated rings. The molecule has 1 atom stereocenters. The maximum absolute atomic E-state index is 14.2. The minimum absolute atomic E-state index is 0.0227. The van der Waals surface area contributed by atoms with E-state index in [4.69, 9.17) is 9.15 Å². The zero-order valence-electron chi connectivity index (χ0n) is 22.3. The van der Waals surface area contributed by atoms with Crippen LogP contribution in [0.25, 0.3) is 0 Å². The fourth-order valence-corrected chi connectivity index (χ4v) is 4.95. The average Bonchev–Trinajstić information content (AvgIpc) is 3.43. The van der Waals surface area contributed by atoms with E-state index in [0.717, 1.165) is 22.4 Å². The molecule has 3 aromatic carbocycles. The van der Waals surface area contributed by atoms with Crippen molar-refractivity contribution in [3.05, 3.63) is 119 Å². The zero-order valence-corrected chi connectivity index (χ0v) is 22.3. The van der Waals surface area contributed by atoms with Crippen molar-refractivity contribution in [2.45, 2.75) is 32.9 Å². The molecule has 39 heavy (non-hydrogen) atoms. The van der Waals surface area contributed by atoms with Crippen LogP contribution in [0.2, 0.25) is 0 Å². The first-order valence-electron chi connectivity index (χ1n) is 13.0. The van der Waals surface area contributed by atoms with Gasteiger partial charge >= 0.3 is 0 Å². The number of ether oxygens (including phenoxy) is 1. The lowest BCUT2D eigenvalue weighted by molar-refractivity contribution is -0.136. The van der Waals surface area contributed by atoms with E-state index in [0.29, 0.717) is 24.5 Å². The molecule has 0 unspecified atom stereocenters. The van der Waals surface area contributed by atoms with Crippen molar-refractivity contribution in [1.29, 1.82) is 0 Å². The van der Waals surface area contributed by atoms with Crippen molar-refractivity contribution in [2.24, 2.45) is 5.92 Å². The van der Waals surface area contributed by atoms with Crippen LogP contribution in [0.4, 0.5) is 10.1 Å². The molecule has 0 bridgehead atoms. The molecule has 6 nitrogen and oxygen atoms in total. The summed E-state index contributed by atoms with van der Waals surface area (Å²) in [5, 5.41) is 0. The molecule has 1 aromatic heterocycles. The highest BCUT2D eigenvalue weighted by molar-refractivity contribution is 6.03. The molecule has 0 aliphatic carbocycles. The molecular formula is C32H31FN2O4. The van der Waals surface area contributed by atoms with Crippen LogP contribution in [0, 0.1) is 11.7 Å². The summed E-state index contributed by atoms with van der Waals surface area (Å²) >= 11 is 0. The third-order valence-electron chi connectivity index (χ3n) is 6.99. The molecule has 7 heteroatoms. The number of anilines is 1. The average molecular weight is 527 g/mol. The SMILES string of the molecule is CC(C)C(=O)N1CCc2ccc(OCc3ccc(C(=O)N(C)c4ccccc4)o3)cc2[C@H]1c1cccc(F)c1. The Morgan fingerprint density at radius 1 is 1.03 bits per heavy atom. The number of carbonyl (C=O) groups excluding carboxylic acids is 2. The highest BCUT2D eigenvalue weighted by Crippen LogP contribution is 2.38. The Morgan fingerprint density at radius 3 is 2.56 bits per heavy atom. The Hall–Kier alpha value is -4.39. The lowest BCUT2D eigenvalue weighted by Gasteiger charge is -2.39. The van der Waals surface area contributed by atoms with Crippen LogP contribution in [0.3, 0.4) is 0 Å².